The van der Waals surface area contributed by atoms with E-state index in [-0.39, 0.29) is 34.8 Å². The van der Waals surface area contributed by atoms with Gasteiger partial charge in [0.1, 0.15) is 11.4 Å². The molecule has 0 bridgehead atoms. The van der Waals surface area contributed by atoms with E-state index in [1.54, 1.807) is 22.9 Å². The zero-order chi connectivity index (χ0) is 28.5. The number of aromatic hydroxyl groups is 1. The number of halogens is 1. The lowest BCUT2D eigenvalue weighted by Crippen LogP contribution is -2.33. The lowest BCUT2D eigenvalue weighted by Gasteiger charge is -2.28. The molecular formula is C31H39BrN4O3. The van der Waals surface area contributed by atoms with Crippen LogP contribution in [0.2, 0.25) is 0 Å². The van der Waals surface area contributed by atoms with E-state index in [1.165, 1.54) is 0 Å². The number of ketones is 1. The molecule has 7 nitrogen and oxygen atoms in total. The van der Waals surface area contributed by atoms with Crippen LogP contribution >= 0.6 is 16.1 Å². The van der Waals surface area contributed by atoms with Crippen LogP contribution in [0, 0.1) is 0 Å². The first-order valence-corrected chi connectivity index (χ1v) is 14.2. The Balaban J connectivity index is 1.79. The van der Waals surface area contributed by atoms with Crippen molar-refractivity contribution < 1.29 is 14.7 Å². The van der Waals surface area contributed by atoms with Crippen LogP contribution in [0.1, 0.15) is 91.9 Å². The largest absolute Gasteiger partial charge is 0.507 e. The summed E-state index contributed by atoms with van der Waals surface area (Å²) < 4.78 is 7.96. The number of Topliss-reactive ketones (excluding diaryl/α,β-unsaturated/α-hetero) is 1. The second kappa shape index (κ2) is 11.2. The fraction of sp³-hybridized carbons (Fsp3) is 0.452. The zero-order valence-electron chi connectivity index (χ0n) is 23.8. The minimum atomic E-state index is -0.349. The Labute approximate surface area is 239 Å². The van der Waals surface area contributed by atoms with Crippen LogP contribution in [-0.2, 0) is 23.9 Å². The number of amides is 1. The molecule has 1 aliphatic heterocycles. The van der Waals surface area contributed by atoms with Gasteiger partial charge in [-0.1, -0.05) is 71.9 Å². The molecular weight excluding hydrogens is 556 g/mol. The maximum absolute atomic E-state index is 13.8. The predicted molar refractivity (Wildman–Crippen MR) is 157 cm³/mol. The Bertz CT molecular complexity index is 1400. The number of hydrogen-bond acceptors (Lipinski definition) is 4. The average Bonchev–Trinajstić information content (AvgIpc) is 3.51. The number of hydrogen-bond donors (Lipinski definition) is 1. The summed E-state index contributed by atoms with van der Waals surface area (Å²) in [4.78, 5) is 29.2. The molecule has 2 heterocycles. The molecule has 0 unspecified atom stereocenters. The van der Waals surface area contributed by atoms with Crippen molar-refractivity contribution in [2.75, 3.05) is 13.1 Å². The number of carbonyl (C=O) groups is 2. The van der Waals surface area contributed by atoms with E-state index < -0.39 is 0 Å². The summed E-state index contributed by atoms with van der Waals surface area (Å²) in [7, 11) is 0. The van der Waals surface area contributed by atoms with Gasteiger partial charge in [-0.05, 0) is 41.4 Å². The number of benzene rings is 2. The smallest absolute Gasteiger partial charge is 0.272 e. The molecule has 0 aliphatic carbocycles. The first kappa shape index (κ1) is 28.9. The fourth-order valence-electron chi connectivity index (χ4n) is 5.11. The van der Waals surface area contributed by atoms with Gasteiger partial charge in [0.05, 0.1) is 29.2 Å². The Morgan fingerprint density at radius 2 is 1.51 bits per heavy atom. The van der Waals surface area contributed by atoms with E-state index in [9.17, 15) is 14.7 Å². The normalized spacial score (nSPS) is 14.7. The van der Waals surface area contributed by atoms with Crippen LogP contribution in [0.5, 0.6) is 5.75 Å². The maximum atomic E-state index is 13.8. The number of aromatic nitrogens is 2. The van der Waals surface area contributed by atoms with Gasteiger partial charge >= 0.3 is 0 Å². The minimum absolute atomic E-state index is 0.00441. The van der Waals surface area contributed by atoms with Crippen molar-refractivity contribution in [1.29, 1.82) is 0 Å². The van der Waals surface area contributed by atoms with Gasteiger partial charge in [-0.3, -0.25) is 9.59 Å². The third-order valence-electron chi connectivity index (χ3n) is 7.30. The quantitative estimate of drug-likeness (QED) is 0.357. The average molecular weight is 596 g/mol. The van der Waals surface area contributed by atoms with Gasteiger partial charge in [0.25, 0.3) is 5.91 Å². The van der Waals surface area contributed by atoms with Gasteiger partial charge in [-0.15, -0.1) is 0 Å². The summed E-state index contributed by atoms with van der Waals surface area (Å²) in [6.07, 6.45) is 3.73. The molecule has 0 radical (unpaired) electrons. The molecule has 4 rings (SSSR count). The second-order valence-electron chi connectivity index (χ2n) is 12.4. The summed E-state index contributed by atoms with van der Waals surface area (Å²) >= 11 is 3.26. The molecule has 1 saturated heterocycles. The van der Waals surface area contributed by atoms with Gasteiger partial charge in [-0.2, -0.15) is 4.02 Å². The number of imidazole rings is 1. The summed E-state index contributed by atoms with van der Waals surface area (Å²) in [5, 5.41) is 11.1. The fourth-order valence-corrected chi connectivity index (χ4v) is 5.50. The van der Waals surface area contributed by atoms with Crippen LogP contribution in [0.4, 0.5) is 0 Å². The van der Waals surface area contributed by atoms with Gasteiger partial charge in [0, 0.05) is 36.0 Å². The molecule has 208 valence electrons. The minimum Gasteiger partial charge on any atom is -0.507 e. The van der Waals surface area contributed by atoms with Gasteiger partial charge in [-0.25, -0.2) is 0 Å². The molecule has 1 N–H and O–H groups in total. The molecule has 1 aromatic heterocycles. The molecule has 1 fully saturated rings. The molecule has 1 amide bonds. The number of likely N-dealkylation sites (tertiary alicyclic amines) is 1. The SMILES string of the molecule is CC(C)(C)c1cc(C(=O)Cn2cc(C(=O)N3CCCC3)n(Cc3ccccc3)c2=NBr)cc(C(C)(C)C)c1O. The van der Waals surface area contributed by atoms with Crippen molar-refractivity contribution in [3.05, 3.63) is 82.2 Å². The molecule has 0 atom stereocenters. The van der Waals surface area contributed by atoms with E-state index in [1.807, 2.05) is 81.3 Å². The summed E-state index contributed by atoms with van der Waals surface area (Å²) in [5.41, 5.74) is 3.32. The van der Waals surface area contributed by atoms with Crippen molar-refractivity contribution in [3.8, 4) is 5.75 Å². The first-order valence-electron chi connectivity index (χ1n) is 13.5. The van der Waals surface area contributed by atoms with Crippen LogP contribution in [0.25, 0.3) is 0 Å². The topological polar surface area (TPSA) is 79.8 Å². The molecule has 39 heavy (non-hydrogen) atoms. The van der Waals surface area contributed by atoms with Crippen LogP contribution in [-0.4, -0.2) is 43.9 Å². The van der Waals surface area contributed by atoms with Crippen LogP contribution in [0.15, 0.2) is 52.7 Å². The number of nitrogens with zero attached hydrogens (tertiary/aromatic N) is 4. The standard InChI is InChI=1S/C31H39BrN4O3/c1-30(2,3)23-16-22(17-24(27(23)38)31(4,5)6)26(37)20-35-19-25(28(39)34-14-10-11-15-34)36(29(35)33-32)18-21-12-8-7-9-13-21/h7-9,12-13,16-17,19,38H,10-11,14-15,18,20H2,1-6H3. The highest BCUT2D eigenvalue weighted by molar-refractivity contribution is 9.08. The molecule has 3 aromatic rings. The van der Waals surface area contributed by atoms with Crippen LogP contribution < -0.4 is 5.62 Å². The van der Waals surface area contributed by atoms with Crippen molar-refractivity contribution >= 4 is 27.8 Å². The summed E-state index contributed by atoms with van der Waals surface area (Å²) in [6, 6.07) is 13.5. The first-order chi connectivity index (χ1) is 18.3. The second-order valence-corrected chi connectivity index (χ2v) is 12.8. The van der Waals surface area contributed by atoms with E-state index >= 15 is 0 Å². The highest BCUT2D eigenvalue weighted by Crippen LogP contribution is 2.40. The number of rotatable bonds is 6. The maximum Gasteiger partial charge on any atom is 0.272 e. The highest BCUT2D eigenvalue weighted by Gasteiger charge is 2.29. The Kier molecular flexibility index (Phi) is 8.26. The molecule has 0 saturated carbocycles. The lowest BCUT2D eigenvalue weighted by atomic mass is 9.78. The van der Waals surface area contributed by atoms with Crippen molar-refractivity contribution in [2.24, 2.45) is 4.02 Å². The molecule has 2 aromatic carbocycles. The third-order valence-corrected chi connectivity index (χ3v) is 7.62. The van der Waals surface area contributed by atoms with Gasteiger partial charge < -0.3 is 19.1 Å². The van der Waals surface area contributed by atoms with Crippen molar-refractivity contribution in [3.63, 3.8) is 0 Å². The van der Waals surface area contributed by atoms with Crippen LogP contribution in [0.3, 0.4) is 0 Å². The highest BCUT2D eigenvalue weighted by atomic mass is 79.9. The Hall–Kier alpha value is -3.13. The Morgan fingerprint density at radius 3 is 2.03 bits per heavy atom. The van der Waals surface area contributed by atoms with E-state index in [0.29, 0.717) is 23.4 Å². The lowest BCUT2D eigenvalue weighted by molar-refractivity contribution is 0.0781. The van der Waals surface area contributed by atoms with E-state index in [2.05, 4.69) is 20.2 Å². The van der Waals surface area contributed by atoms with E-state index in [4.69, 9.17) is 0 Å². The number of carbonyl (C=O) groups excluding carboxylic acids is 2. The zero-order valence-corrected chi connectivity index (χ0v) is 25.4. The number of phenolic OH excluding ortho intramolecular Hbond substituents is 1. The molecule has 1 aliphatic rings. The number of phenols is 1. The van der Waals surface area contributed by atoms with Crippen molar-refractivity contribution in [2.45, 2.75) is 78.3 Å². The summed E-state index contributed by atoms with van der Waals surface area (Å²) in [6.45, 7) is 14.1. The summed E-state index contributed by atoms with van der Waals surface area (Å²) in [5.74, 6) is 0.0648. The van der Waals surface area contributed by atoms with Gasteiger partial charge in [0.2, 0.25) is 5.62 Å². The predicted octanol–water partition coefficient (Wildman–Crippen LogP) is 5.97. The third kappa shape index (κ3) is 6.21. The van der Waals surface area contributed by atoms with E-state index in [0.717, 1.165) is 42.6 Å². The molecule has 8 heteroatoms. The molecule has 0 spiro atoms. The Morgan fingerprint density at radius 1 is 0.949 bits per heavy atom. The van der Waals surface area contributed by atoms with Gasteiger partial charge in [0.15, 0.2) is 5.78 Å². The monoisotopic (exact) mass is 594 g/mol. The van der Waals surface area contributed by atoms with Crippen molar-refractivity contribution in [1.82, 2.24) is 14.0 Å².